The molecule has 2 atom stereocenters. The first-order valence-corrected chi connectivity index (χ1v) is 5.78. The van der Waals surface area contributed by atoms with E-state index in [-0.39, 0.29) is 17.9 Å². The van der Waals surface area contributed by atoms with Gasteiger partial charge in [-0.1, -0.05) is 0 Å². The number of rotatable bonds is 4. The standard InChI is InChI=1S/C11H20N2O3/c1-13-3-2-8(5-13)11(6-16-7-11)9(12)4-10(14)15/h8-9H,2-7,12H2,1H3,(H,14,15). The molecule has 16 heavy (non-hydrogen) atoms. The molecule has 5 nitrogen and oxygen atoms in total. The fraction of sp³-hybridized carbons (Fsp3) is 0.909. The number of nitrogens with two attached hydrogens (primary N) is 1. The minimum Gasteiger partial charge on any atom is -0.481 e. The van der Waals surface area contributed by atoms with E-state index in [1.165, 1.54) is 0 Å². The van der Waals surface area contributed by atoms with Crippen LogP contribution in [0.3, 0.4) is 0 Å². The van der Waals surface area contributed by atoms with Crippen LogP contribution in [0.4, 0.5) is 0 Å². The van der Waals surface area contributed by atoms with Crippen molar-refractivity contribution in [3.05, 3.63) is 0 Å². The molecule has 2 unspecified atom stereocenters. The summed E-state index contributed by atoms with van der Waals surface area (Å²) in [7, 11) is 2.09. The maximum absolute atomic E-state index is 10.7. The van der Waals surface area contributed by atoms with E-state index in [1.54, 1.807) is 0 Å². The quantitative estimate of drug-likeness (QED) is 0.694. The number of aliphatic carboxylic acids is 1. The van der Waals surface area contributed by atoms with Crippen LogP contribution in [0, 0.1) is 11.3 Å². The predicted octanol–water partition coefficient (Wildman–Crippen LogP) is -0.243. The molecule has 0 saturated carbocycles. The molecule has 92 valence electrons. The molecule has 2 saturated heterocycles. The van der Waals surface area contributed by atoms with Gasteiger partial charge in [-0.25, -0.2) is 0 Å². The van der Waals surface area contributed by atoms with Gasteiger partial charge in [-0.3, -0.25) is 4.79 Å². The average molecular weight is 228 g/mol. The third kappa shape index (κ3) is 1.95. The molecule has 2 fully saturated rings. The summed E-state index contributed by atoms with van der Waals surface area (Å²) < 4.78 is 5.30. The number of carboxylic acid groups (broad SMARTS) is 1. The van der Waals surface area contributed by atoms with Gasteiger partial charge in [0.25, 0.3) is 0 Å². The van der Waals surface area contributed by atoms with Gasteiger partial charge >= 0.3 is 5.97 Å². The normalized spacial score (nSPS) is 31.0. The third-order valence-corrected chi connectivity index (χ3v) is 4.08. The Bertz CT molecular complexity index is 278. The summed E-state index contributed by atoms with van der Waals surface area (Å²) in [5.41, 5.74) is 5.97. The molecule has 2 heterocycles. The number of hydrogen-bond donors (Lipinski definition) is 2. The van der Waals surface area contributed by atoms with Crippen LogP contribution in [0.2, 0.25) is 0 Å². The Morgan fingerprint density at radius 2 is 2.38 bits per heavy atom. The van der Waals surface area contributed by atoms with Crippen LogP contribution in [0.1, 0.15) is 12.8 Å². The lowest BCUT2D eigenvalue weighted by Crippen LogP contribution is -2.60. The average Bonchev–Trinajstić information content (AvgIpc) is 2.48. The molecule has 0 aliphatic carbocycles. The van der Waals surface area contributed by atoms with Gasteiger partial charge in [0.05, 0.1) is 19.6 Å². The van der Waals surface area contributed by atoms with Crippen molar-refractivity contribution in [2.75, 3.05) is 33.4 Å². The van der Waals surface area contributed by atoms with E-state index in [1.807, 2.05) is 0 Å². The van der Waals surface area contributed by atoms with E-state index in [0.29, 0.717) is 19.1 Å². The summed E-state index contributed by atoms with van der Waals surface area (Å²) in [6, 6.07) is -0.282. The lowest BCUT2D eigenvalue weighted by Gasteiger charge is -2.49. The first kappa shape index (κ1) is 11.8. The van der Waals surface area contributed by atoms with Gasteiger partial charge in [0.1, 0.15) is 0 Å². The number of ether oxygens (including phenoxy) is 1. The minimum absolute atomic E-state index is 0.0452. The van der Waals surface area contributed by atoms with Gasteiger partial charge in [0, 0.05) is 18.0 Å². The number of hydrogen-bond acceptors (Lipinski definition) is 4. The summed E-state index contributed by atoms with van der Waals surface area (Å²) in [6.45, 7) is 3.34. The van der Waals surface area contributed by atoms with E-state index in [0.717, 1.165) is 19.5 Å². The van der Waals surface area contributed by atoms with Crippen LogP contribution >= 0.6 is 0 Å². The molecule has 2 aliphatic heterocycles. The van der Waals surface area contributed by atoms with Gasteiger partial charge in [-0.05, 0) is 25.9 Å². The Kier molecular flexibility index (Phi) is 3.19. The predicted molar refractivity (Wildman–Crippen MR) is 59.1 cm³/mol. The van der Waals surface area contributed by atoms with Crippen LogP contribution in [0.15, 0.2) is 0 Å². The van der Waals surface area contributed by atoms with E-state index < -0.39 is 5.97 Å². The minimum atomic E-state index is -0.815. The van der Waals surface area contributed by atoms with Crippen LogP contribution in [0.5, 0.6) is 0 Å². The van der Waals surface area contributed by atoms with E-state index >= 15 is 0 Å². The number of carboxylic acids is 1. The molecule has 0 bridgehead atoms. The highest BCUT2D eigenvalue weighted by molar-refractivity contribution is 5.67. The van der Waals surface area contributed by atoms with Gasteiger partial charge in [-0.2, -0.15) is 0 Å². The molecular formula is C11H20N2O3. The molecule has 0 aromatic heterocycles. The van der Waals surface area contributed by atoms with Gasteiger partial charge in [-0.15, -0.1) is 0 Å². The van der Waals surface area contributed by atoms with Crippen molar-refractivity contribution in [1.29, 1.82) is 0 Å². The smallest absolute Gasteiger partial charge is 0.304 e. The molecule has 0 amide bonds. The van der Waals surface area contributed by atoms with Gasteiger partial charge < -0.3 is 20.5 Å². The maximum atomic E-state index is 10.7. The molecule has 0 spiro atoms. The second-order valence-electron chi connectivity index (χ2n) is 5.18. The SMILES string of the molecule is CN1CCC(C2(C(N)CC(=O)O)COC2)C1. The third-order valence-electron chi connectivity index (χ3n) is 4.08. The molecule has 3 N–H and O–H groups in total. The van der Waals surface area contributed by atoms with Crippen molar-refractivity contribution in [1.82, 2.24) is 4.90 Å². The Balaban J connectivity index is 2.04. The number of carbonyl (C=O) groups is 1. The number of nitrogens with zero attached hydrogens (tertiary/aromatic N) is 1. The summed E-state index contributed by atoms with van der Waals surface area (Å²) in [6.07, 6.45) is 1.15. The molecule has 2 aliphatic rings. The van der Waals surface area contributed by atoms with Crippen molar-refractivity contribution in [2.45, 2.75) is 18.9 Å². The van der Waals surface area contributed by atoms with Crippen molar-refractivity contribution in [3.8, 4) is 0 Å². The van der Waals surface area contributed by atoms with E-state index in [9.17, 15) is 4.79 Å². The second-order valence-corrected chi connectivity index (χ2v) is 5.18. The highest BCUT2D eigenvalue weighted by Crippen LogP contribution is 2.43. The van der Waals surface area contributed by atoms with Crippen molar-refractivity contribution in [2.24, 2.45) is 17.1 Å². The Hall–Kier alpha value is -0.650. The lowest BCUT2D eigenvalue weighted by molar-refractivity contribution is -0.164. The second kappa shape index (κ2) is 4.31. The zero-order valence-electron chi connectivity index (χ0n) is 9.69. The fourth-order valence-electron chi connectivity index (χ4n) is 2.89. The van der Waals surface area contributed by atoms with Crippen LogP contribution < -0.4 is 5.73 Å². The summed E-state index contributed by atoms with van der Waals surface area (Å²) in [5.74, 6) is -0.328. The summed E-state index contributed by atoms with van der Waals surface area (Å²) in [5, 5.41) is 8.83. The van der Waals surface area contributed by atoms with Crippen molar-refractivity contribution >= 4 is 5.97 Å². The van der Waals surface area contributed by atoms with Crippen LogP contribution in [-0.2, 0) is 9.53 Å². The van der Waals surface area contributed by atoms with Gasteiger partial charge in [0.15, 0.2) is 0 Å². The highest BCUT2D eigenvalue weighted by atomic mass is 16.5. The topological polar surface area (TPSA) is 75.8 Å². The zero-order valence-corrected chi connectivity index (χ0v) is 9.69. The Labute approximate surface area is 95.5 Å². The number of likely N-dealkylation sites (tertiary alicyclic amines) is 1. The van der Waals surface area contributed by atoms with Gasteiger partial charge in [0.2, 0.25) is 0 Å². The molecule has 0 radical (unpaired) electrons. The molecule has 0 aromatic rings. The first-order valence-electron chi connectivity index (χ1n) is 5.78. The Morgan fingerprint density at radius 1 is 1.69 bits per heavy atom. The maximum Gasteiger partial charge on any atom is 0.304 e. The zero-order chi connectivity index (χ0) is 11.8. The molecule has 0 aromatic carbocycles. The van der Waals surface area contributed by atoms with Crippen LogP contribution in [-0.4, -0.2) is 55.4 Å². The summed E-state index contributed by atoms with van der Waals surface area (Å²) in [4.78, 5) is 13.0. The Morgan fingerprint density at radius 3 is 2.75 bits per heavy atom. The molecule has 5 heteroatoms. The van der Waals surface area contributed by atoms with Crippen LogP contribution in [0.25, 0.3) is 0 Å². The fourth-order valence-corrected chi connectivity index (χ4v) is 2.89. The van der Waals surface area contributed by atoms with Crippen molar-refractivity contribution in [3.63, 3.8) is 0 Å². The van der Waals surface area contributed by atoms with Crippen molar-refractivity contribution < 1.29 is 14.6 Å². The van der Waals surface area contributed by atoms with E-state index in [4.69, 9.17) is 15.6 Å². The highest BCUT2D eigenvalue weighted by Gasteiger charge is 2.51. The molecular weight excluding hydrogens is 208 g/mol. The first-order chi connectivity index (χ1) is 7.54. The lowest BCUT2D eigenvalue weighted by atomic mass is 9.67. The summed E-state index contributed by atoms with van der Waals surface area (Å²) >= 11 is 0. The van der Waals surface area contributed by atoms with E-state index in [2.05, 4.69) is 11.9 Å². The molecule has 2 rings (SSSR count). The largest absolute Gasteiger partial charge is 0.481 e. The monoisotopic (exact) mass is 228 g/mol.